The van der Waals surface area contributed by atoms with E-state index in [0.29, 0.717) is 22.5 Å². The molecule has 0 aliphatic rings. The second-order valence-corrected chi connectivity index (χ2v) is 5.33. The fraction of sp³-hybridized carbons (Fsp3) is 0.105. The van der Waals surface area contributed by atoms with E-state index in [0.717, 1.165) is 0 Å². The molecule has 0 saturated heterocycles. The van der Waals surface area contributed by atoms with Crippen LogP contribution in [0.2, 0.25) is 0 Å². The highest BCUT2D eigenvalue weighted by atomic mass is 16.2. The van der Waals surface area contributed by atoms with Crippen molar-refractivity contribution in [2.45, 2.75) is 13.3 Å². The molecule has 24 heavy (non-hydrogen) atoms. The fourth-order valence-electron chi connectivity index (χ4n) is 1.95. The lowest BCUT2D eigenvalue weighted by Gasteiger charge is -2.07. The molecule has 2 rings (SSSR count). The molecule has 5 nitrogen and oxygen atoms in total. The number of hydrogen-bond donors (Lipinski definition) is 2. The number of hydrogen-bond acceptors (Lipinski definition) is 3. The van der Waals surface area contributed by atoms with E-state index in [1.807, 2.05) is 6.07 Å². The number of rotatable bonds is 6. The van der Waals surface area contributed by atoms with Crippen LogP contribution in [-0.4, -0.2) is 17.6 Å². The number of para-hydroxylation sites is 1. The largest absolute Gasteiger partial charge is 0.326 e. The highest BCUT2D eigenvalue weighted by Crippen LogP contribution is 2.13. The van der Waals surface area contributed by atoms with Gasteiger partial charge in [-0.15, -0.1) is 0 Å². The van der Waals surface area contributed by atoms with E-state index >= 15 is 0 Å². The topological polar surface area (TPSA) is 75.3 Å². The van der Waals surface area contributed by atoms with Crippen LogP contribution in [0.1, 0.15) is 23.7 Å². The summed E-state index contributed by atoms with van der Waals surface area (Å²) in [6.45, 7) is 5.16. The van der Waals surface area contributed by atoms with Crippen molar-refractivity contribution < 1.29 is 14.4 Å². The summed E-state index contributed by atoms with van der Waals surface area (Å²) >= 11 is 0. The van der Waals surface area contributed by atoms with Crippen molar-refractivity contribution in [3.63, 3.8) is 0 Å². The Kier molecular flexibility index (Phi) is 5.63. The van der Waals surface area contributed by atoms with Crippen LogP contribution in [0.5, 0.6) is 0 Å². The van der Waals surface area contributed by atoms with Gasteiger partial charge in [0.15, 0.2) is 5.78 Å². The Morgan fingerprint density at radius 1 is 0.875 bits per heavy atom. The standard InChI is InChI=1S/C19H18N2O3/c1-13(2)19(24)21-16-10-8-14(9-11-16)17(22)12-18(23)20-15-6-4-3-5-7-15/h3-11H,1,12H2,2H3,(H,20,23)(H,21,24). The number of nitrogens with one attached hydrogen (secondary N) is 2. The van der Waals surface area contributed by atoms with Crippen LogP contribution in [-0.2, 0) is 9.59 Å². The molecule has 0 unspecified atom stereocenters. The van der Waals surface area contributed by atoms with Gasteiger partial charge >= 0.3 is 0 Å². The molecule has 2 N–H and O–H groups in total. The van der Waals surface area contributed by atoms with Crippen molar-refractivity contribution in [1.82, 2.24) is 0 Å². The summed E-state index contributed by atoms with van der Waals surface area (Å²) in [5.74, 6) is -0.941. The first-order chi connectivity index (χ1) is 11.5. The van der Waals surface area contributed by atoms with E-state index in [9.17, 15) is 14.4 Å². The number of Topliss-reactive ketones (excluding diaryl/α,β-unsaturated/α-hetero) is 1. The van der Waals surface area contributed by atoms with E-state index in [1.54, 1.807) is 55.5 Å². The molecule has 0 spiro atoms. The van der Waals surface area contributed by atoms with Crippen molar-refractivity contribution in [2.24, 2.45) is 0 Å². The van der Waals surface area contributed by atoms with Crippen LogP contribution in [0.25, 0.3) is 0 Å². The predicted octanol–water partition coefficient (Wildman–Crippen LogP) is 3.41. The van der Waals surface area contributed by atoms with E-state index in [1.165, 1.54) is 0 Å². The zero-order valence-corrected chi connectivity index (χ0v) is 13.3. The minimum Gasteiger partial charge on any atom is -0.326 e. The van der Waals surface area contributed by atoms with Gasteiger partial charge in [0.05, 0.1) is 6.42 Å². The van der Waals surface area contributed by atoms with Gasteiger partial charge in [-0.25, -0.2) is 0 Å². The van der Waals surface area contributed by atoms with Gasteiger partial charge in [-0.3, -0.25) is 14.4 Å². The Balaban J connectivity index is 1.93. The Bertz CT molecular complexity index is 765. The maximum Gasteiger partial charge on any atom is 0.250 e. The quantitative estimate of drug-likeness (QED) is 0.486. The van der Waals surface area contributed by atoms with Gasteiger partial charge < -0.3 is 10.6 Å². The molecule has 0 atom stereocenters. The van der Waals surface area contributed by atoms with Crippen molar-refractivity contribution in [3.05, 3.63) is 72.3 Å². The zero-order valence-electron chi connectivity index (χ0n) is 13.3. The summed E-state index contributed by atoms with van der Waals surface area (Å²) in [6.07, 6.45) is -0.244. The highest BCUT2D eigenvalue weighted by molar-refractivity contribution is 6.11. The van der Waals surface area contributed by atoms with Gasteiger partial charge in [-0.05, 0) is 43.3 Å². The van der Waals surface area contributed by atoms with Crippen molar-refractivity contribution in [3.8, 4) is 0 Å². The van der Waals surface area contributed by atoms with E-state index in [2.05, 4.69) is 17.2 Å². The van der Waals surface area contributed by atoms with E-state index < -0.39 is 0 Å². The third kappa shape index (κ3) is 4.91. The average molecular weight is 322 g/mol. The second-order valence-electron chi connectivity index (χ2n) is 5.33. The summed E-state index contributed by atoms with van der Waals surface area (Å²) in [6, 6.07) is 15.3. The monoisotopic (exact) mass is 322 g/mol. The number of anilines is 2. The van der Waals surface area contributed by atoms with Crippen LogP contribution in [0, 0.1) is 0 Å². The first-order valence-corrected chi connectivity index (χ1v) is 7.41. The predicted molar refractivity (Wildman–Crippen MR) is 93.9 cm³/mol. The first kappa shape index (κ1) is 17.1. The van der Waals surface area contributed by atoms with Crippen molar-refractivity contribution in [1.29, 1.82) is 0 Å². The minimum atomic E-state index is -0.370. The Labute approximate surface area is 140 Å². The van der Waals surface area contributed by atoms with Gasteiger partial charge in [0.2, 0.25) is 5.91 Å². The number of amides is 2. The Morgan fingerprint density at radius 3 is 2.04 bits per heavy atom. The summed E-state index contributed by atoms with van der Waals surface area (Å²) in [5.41, 5.74) is 2.01. The van der Waals surface area contributed by atoms with Gasteiger partial charge in [0, 0.05) is 22.5 Å². The summed E-state index contributed by atoms with van der Waals surface area (Å²) < 4.78 is 0. The molecule has 0 bridgehead atoms. The normalized spacial score (nSPS) is 9.88. The van der Waals surface area contributed by atoms with Gasteiger partial charge in [-0.2, -0.15) is 0 Å². The molecule has 122 valence electrons. The lowest BCUT2D eigenvalue weighted by atomic mass is 10.1. The molecule has 0 aliphatic carbocycles. The maximum atomic E-state index is 12.1. The van der Waals surface area contributed by atoms with Crippen molar-refractivity contribution in [2.75, 3.05) is 10.6 Å². The van der Waals surface area contributed by atoms with Gasteiger partial charge in [-0.1, -0.05) is 24.8 Å². The molecule has 2 aromatic rings. The van der Waals surface area contributed by atoms with E-state index in [4.69, 9.17) is 0 Å². The lowest BCUT2D eigenvalue weighted by molar-refractivity contribution is -0.115. The third-order valence-electron chi connectivity index (χ3n) is 3.23. The Hall–Kier alpha value is -3.21. The number of carbonyl (C=O) groups is 3. The number of carbonyl (C=O) groups excluding carboxylic acids is 3. The molecule has 5 heteroatoms. The summed E-state index contributed by atoms with van der Waals surface area (Å²) in [7, 11) is 0. The molecule has 0 saturated carbocycles. The second kappa shape index (κ2) is 7.87. The van der Waals surface area contributed by atoms with Crippen LogP contribution in [0.4, 0.5) is 11.4 Å². The molecular formula is C19H18N2O3. The van der Waals surface area contributed by atoms with Crippen LogP contribution >= 0.6 is 0 Å². The van der Waals surface area contributed by atoms with E-state index in [-0.39, 0.29) is 24.0 Å². The maximum absolute atomic E-state index is 12.1. The fourth-order valence-corrected chi connectivity index (χ4v) is 1.95. The number of ketones is 1. The first-order valence-electron chi connectivity index (χ1n) is 7.41. The zero-order chi connectivity index (χ0) is 17.5. The van der Waals surface area contributed by atoms with Crippen LogP contribution < -0.4 is 10.6 Å². The minimum absolute atomic E-state index is 0.244. The van der Waals surface area contributed by atoms with Gasteiger partial charge in [0.25, 0.3) is 5.91 Å². The molecule has 0 radical (unpaired) electrons. The number of benzene rings is 2. The SMILES string of the molecule is C=C(C)C(=O)Nc1ccc(C(=O)CC(=O)Nc2ccccc2)cc1. The Morgan fingerprint density at radius 2 is 1.46 bits per heavy atom. The van der Waals surface area contributed by atoms with Crippen molar-refractivity contribution >= 4 is 29.0 Å². The summed E-state index contributed by atoms with van der Waals surface area (Å²) in [4.78, 5) is 35.5. The molecule has 2 amide bonds. The highest BCUT2D eigenvalue weighted by Gasteiger charge is 2.12. The summed E-state index contributed by atoms with van der Waals surface area (Å²) in [5, 5.41) is 5.32. The average Bonchev–Trinajstić information content (AvgIpc) is 2.56. The molecule has 0 aliphatic heterocycles. The van der Waals surface area contributed by atoms with Gasteiger partial charge in [0.1, 0.15) is 0 Å². The molecule has 0 heterocycles. The molecule has 0 fully saturated rings. The smallest absolute Gasteiger partial charge is 0.250 e. The molecule has 2 aromatic carbocycles. The van der Waals surface area contributed by atoms with Crippen LogP contribution in [0.3, 0.4) is 0 Å². The molecular weight excluding hydrogens is 304 g/mol. The third-order valence-corrected chi connectivity index (χ3v) is 3.23. The van der Waals surface area contributed by atoms with Crippen LogP contribution in [0.15, 0.2) is 66.7 Å². The molecule has 0 aromatic heterocycles. The lowest BCUT2D eigenvalue weighted by Crippen LogP contribution is -2.16.